The standard InChI is InChI=1S/C23H23N3O3/c1-23-21-18(17-5-3-4-6-19(17)24-21)11-12-26(23)20(27)14-25(22(23)28)13-15-7-9-16(29-2)10-8-15/h3-10,24H,11-14H2,1-2H3/t23-/m0/s1. The fraction of sp³-hybridized carbons (Fsp3) is 0.304. The Morgan fingerprint density at radius 2 is 1.86 bits per heavy atom. The average molecular weight is 389 g/mol. The Balaban J connectivity index is 1.55. The van der Waals surface area contributed by atoms with Gasteiger partial charge in [0.05, 0.1) is 12.8 Å². The van der Waals surface area contributed by atoms with E-state index in [1.165, 1.54) is 0 Å². The van der Waals surface area contributed by atoms with Crippen LogP contribution in [0.4, 0.5) is 0 Å². The number of rotatable bonds is 3. The Bertz CT molecular complexity index is 1120. The minimum absolute atomic E-state index is 0.00934. The maximum Gasteiger partial charge on any atom is 0.255 e. The lowest BCUT2D eigenvalue weighted by atomic mass is 9.83. The maximum absolute atomic E-state index is 13.7. The van der Waals surface area contributed by atoms with Crippen molar-refractivity contribution in [3.63, 3.8) is 0 Å². The summed E-state index contributed by atoms with van der Waals surface area (Å²) in [6.07, 6.45) is 0.756. The second-order valence-electron chi connectivity index (χ2n) is 7.90. The zero-order valence-electron chi connectivity index (χ0n) is 16.6. The fourth-order valence-electron chi connectivity index (χ4n) is 4.76. The molecule has 1 N–H and O–H groups in total. The van der Waals surface area contributed by atoms with E-state index >= 15 is 0 Å². The molecule has 0 spiro atoms. The summed E-state index contributed by atoms with van der Waals surface area (Å²) < 4.78 is 5.21. The number of amides is 2. The van der Waals surface area contributed by atoms with E-state index in [0.29, 0.717) is 13.1 Å². The average Bonchev–Trinajstić information content (AvgIpc) is 3.13. The summed E-state index contributed by atoms with van der Waals surface area (Å²) in [5.74, 6) is 0.716. The van der Waals surface area contributed by atoms with Crippen LogP contribution in [0, 0.1) is 0 Å². The number of hydrogen-bond acceptors (Lipinski definition) is 3. The molecule has 0 unspecified atom stereocenters. The van der Waals surface area contributed by atoms with Gasteiger partial charge in [0.15, 0.2) is 5.54 Å². The minimum atomic E-state index is -1.01. The number of aromatic amines is 1. The van der Waals surface area contributed by atoms with Crippen molar-refractivity contribution < 1.29 is 14.3 Å². The van der Waals surface area contributed by atoms with E-state index in [1.807, 2.05) is 49.4 Å². The molecule has 1 atom stereocenters. The topological polar surface area (TPSA) is 65.6 Å². The van der Waals surface area contributed by atoms with Crippen molar-refractivity contribution in [3.8, 4) is 5.75 Å². The number of H-pyrrole nitrogens is 1. The molecule has 1 fully saturated rings. The van der Waals surface area contributed by atoms with Gasteiger partial charge in [0.1, 0.15) is 12.3 Å². The summed E-state index contributed by atoms with van der Waals surface area (Å²) in [5, 5.41) is 1.14. The Kier molecular flexibility index (Phi) is 3.91. The van der Waals surface area contributed by atoms with Gasteiger partial charge in [-0.25, -0.2) is 0 Å². The molecule has 5 rings (SSSR count). The van der Waals surface area contributed by atoms with Crippen molar-refractivity contribution in [2.24, 2.45) is 0 Å². The molecule has 148 valence electrons. The number of nitrogens with zero attached hydrogens (tertiary/aromatic N) is 2. The van der Waals surface area contributed by atoms with Crippen molar-refractivity contribution >= 4 is 22.7 Å². The summed E-state index contributed by atoms with van der Waals surface area (Å²) in [6.45, 7) is 2.94. The van der Waals surface area contributed by atoms with Gasteiger partial charge in [-0.2, -0.15) is 0 Å². The van der Waals surface area contributed by atoms with Crippen molar-refractivity contribution in [1.29, 1.82) is 0 Å². The number of carbonyl (C=O) groups excluding carboxylic acids is 2. The number of piperazine rings is 1. The highest BCUT2D eigenvalue weighted by atomic mass is 16.5. The summed E-state index contributed by atoms with van der Waals surface area (Å²) >= 11 is 0. The summed E-state index contributed by atoms with van der Waals surface area (Å²) in [7, 11) is 1.62. The zero-order valence-corrected chi connectivity index (χ0v) is 16.6. The molecule has 2 amide bonds. The Labute approximate surface area is 169 Å². The van der Waals surface area contributed by atoms with Crippen LogP contribution >= 0.6 is 0 Å². The molecule has 3 aromatic rings. The van der Waals surface area contributed by atoms with E-state index in [4.69, 9.17) is 4.74 Å². The molecular weight excluding hydrogens is 366 g/mol. The first-order valence-corrected chi connectivity index (χ1v) is 9.85. The van der Waals surface area contributed by atoms with Crippen LogP contribution < -0.4 is 4.74 Å². The molecule has 1 aromatic heterocycles. The number of benzene rings is 2. The predicted octanol–water partition coefficient (Wildman–Crippen LogP) is 2.82. The molecule has 6 nitrogen and oxygen atoms in total. The van der Waals surface area contributed by atoms with Crippen LogP contribution in [0.3, 0.4) is 0 Å². The lowest BCUT2D eigenvalue weighted by Crippen LogP contribution is -2.66. The number of methoxy groups -OCH3 is 1. The fourth-order valence-corrected chi connectivity index (χ4v) is 4.76. The number of nitrogens with one attached hydrogen (secondary N) is 1. The highest BCUT2D eigenvalue weighted by Gasteiger charge is 2.54. The summed E-state index contributed by atoms with van der Waals surface area (Å²) in [6, 6.07) is 15.7. The van der Waals surface area contributed by atoms with Crippen LogP contribution in [0.2, 0.25) is 0 Å². The van der Waals surface area contributed by atoms with Crippen LogP contribution in [-0.4, -0.2) is 46.8 Å². The quantitative estimate of drug-likeness (QED) is 0.749. The van der Waals surface area contributed by atoms with Gasteiger partial charge >= 0.3 is 0 Å². The third kappa shape index (κ3) is 2.55. The van der Waals surface area contributed by atoms with E-state index in [-0.39, 0.29) is 18.4 Å². The normalized spacial score (nSPS) is 21.3. The summed E-state index contributed by atoms with van der Waals surface area (Å²) in [5.41, 5.74) is 2.97. The SMILES string of the molecule is COc1ccc(CN2CC(=O)N3CCc4c([nH]c5ccccc45)[C@@]3(C)C2=O)cc1. The number of carbonyl (C=O) groups is 2. The molecule has 2 aromatic carbocycles. The van der Waals surface area contributed by atoms with Crippen LogP contribution in [0.15, 0.2) is 48.5 Å². The van der Waals surface area contributed by atoms with E-state index in [2.05, 4.69) is 11.1 Å². The van der Waals surface area contributed by atoms with Crippen LogP contribution in [-0.2, 0) is 28.1 Å². The van der Waals surface area contributed by atoms with E-state index in [0.717, 1.165) is 39.9 Å². The smallest absolute Gasteiger partial charge is 0.255 e. The molecule has 29 heavy (non-hydrogen) atoms. The minimum Gasteiger partial charge on any atom is -0.497 e. The molecule has 6 heteroatoms. The molecule has 1 saturated heterocycles. The number of hydrogen-bond donors (Lipinski definition) is 1. The highest BCUT2D eigenvalue weighted by molar-refractivity contribution is 6.00. The van der Waals surface area contributed by atoms with Crippen molar-refractivity contribution in [2.45, 2.75) is 25.4 Å². The van der Waals surface area contributed by atoms with Gasteiger partial charge in [-0.15, -0.1) is 0 Å². The van der Waals surface area contributed by atoms with Gasteiger partial charge in [0.25, 0.3) is 5.91 Å². The summed E-state index contributed by atoms with van der Waals surface area (Å²) in [4.78, 5) is 33.5. The van der Waals surface area contributed by atoms with Gasteiger partial charge in [0.2, 0.25) is 5.91 Å². The zero-order chi connectivity index (χ0) is 20.2. The molecule has 0 radical (unpaired) electrons. The number of para-hydroxylation sites is 1. The second kappa shape index (κ2) is 6.37. The highest BCUT2D eigenvalue weighted by Crippen LogP contribution is 2.42. The second-order valence-corrected chi connectivity index (χ2v) is 7.90. The van der Waals surface area contributed by atoms with E-state index < -0.39 is 5.54 Å². The number of ether oxygens (including phenoxy) is 1. The molecule has 3 heterocycles. The molecular formula is C23H23N3O3. The predicted molar refractivity (Wildman–Crippen MR) is 109 cm³/mol. The molecule has 0 bridgehead atoms. The first kappa shape index (κ1) is 17.8. The van der Waals surface area contributed by atoms with Crippen LogP contribution in [0.1, 0.15) is 23.7 Å². The van der Waals surface area contributed by atoms with Gasteiger partial charge < -0.3 is 19.5 Å². The monoisotopic (exact) mass is 389 g/mol. The number of aromatic nitrogens is 1. The molecule has 2 aliphatic heterocycles. The Hall–Kier alpha value is -3.28. The Morgan fingerprint density at radius 3 is 2.62 bits per heavy atom. The van der Waals surface area contributed by atoms with Gasteiger partial charge in [-0.1, -0.05) is 30.3 Å². The first-order valence-electron chi connectivity index (χ1n) is 9.85. The van der Waals surface area contributed by atoms with Crippen molar-refractivity contribution in [1.82, 2.24) is 14.8 Å². The van der Waals surface area contributed by atoms with Crippen molar-refractivity contribution in [2.75, 3.05) is 20.2 Å². The molecule has 2 aliphatic rings. The molecule has 0 saturated carbocycles. The van der Waals surface area contributed by atoms with Gasteiger partial charge in [0, 0.05) is 24.0 Å². The van der Waals surface area contributed by atoms with E-state index in [9.17, 15) is 9.59 Å². The van der Waals surface area contributed by atoms with Crippen molar-refractivity contribution in [3.05, 3.63) is 65.4 Å². The third-order valence-corrected chi connectivity index (χ3v) is 6.29. The lowest BCUT2D eigenvalue weighted by Gasteiger charge is -2.49. The van der Waals surface area contributed by atoms with Gasteiger partial charge in [-0.3, -0.25) is 9.59 Å². The van der Waals surface area contributed by atoms with Crippen LogP contribution in [0.5, 0.6) is 5.75 Å². The van der Waals surface area contributed by atoms with Gasteiger partial charge in [-0.05, 0) is 42.7 Å². The Morgan fingerprint density at radius 1 is 1.10 bits per heavy atom. The third-order valence-electron chi connectivity index (χ3n) is 6.29. The first-order chi connectivity index (χ1) is 14.0. The maximum atomic E-state index is 13.7. The lowest BCUT2D eigenvalue weighted by molar-refractivity contribution is -0.166. The van der Waals surface area contributed by atoms with Crippen LogP contribution in [0.25, 0.3) is 10.9 Å². The largest absolute Gasteiger partial charge is 0.497 e. The number of fused-ring (bicyclic) bond motifs is 5. The van der Waals surface area contributed by atoms with E-state index in [1.54, 1.807) is 16.9 Å². The molecule has 0 aliphatic carbocycles.